The number of hydrogen-bond donors (Lipinski definition) is 2. The number of rotatable bonds is 9. The molecule has 0 aliphatic carbocycles. The molecule has 0 saturated heterocycles. The van der Waals surface area contributed by atoms with Crippen LogP contribution in [-0.4, -0.2) is 16.4 Å². The van der Waals surface area contributed by atoms with Crippen molar-refractivity contribution in [2.75, 3.05) is 6.61 Å². The second-order valence-electron chi connectivity index (χ2n) is 4.57. The number of benzene rings is 1. The lowest BCUT2D eigenvalue weighted by atomic mass is 10.1. The van der Waals surface area contributed by atoms with E-state index in [1.165, 1.54) is 44.9 Å². The summed E-state index contributed by atoms with van der Waals surface area (Å²) in [7, 11) is -3.13. The maximum absolute atomic E-state index is 8.74. The molecule has 0 bridgehead atoms. The Kier molecular flexibility index (Phi) is 21.0. The molecule has 2 N–H and O–H groups in total. The van der Waals surface area contributed by atoms with Crippen LogP contribution in [0, 0.1) is 0 Å². The Hall–Kier alpha value is -1.09. The predicted molar refractivity (Wildman–Crippen MR) is 94.6 cm³/mol. The molecule has 0 amide bonds. The van der Waals surface area contributed by atoms with Crippen molar-refractivity contribution in [1.82, 2.24) is 0 Å². The maximum Gasteiger partial charge on any atom is 0.314 e. The van der Waals surface area contributed by atoms with Crippen LogP contribution in [0.2, 0.25) is 0 Å². The highest BCUT2D eigenvalue weighted by Gasteiger charge is 1.93. The van der Waals surface area contributed by atoms with Gasteiger partial charge in [0.05, 0.1) is 6.61 Å². The Morgan fingerprint density at radius 1 is 0.955 bits per heavy atom. The lowest BCUT2D eigenvalue weighted by molar-refractivity contribution is 0.304. The summed E-state index contributed by atoms with van der Waals surface area (Å²) in [5.41, 5.74) is 0. The fraction of sp³-hybridized carbons (Fsp3) is 0.529. The van der Waals surface area contributed by atoms with E-state index in [1.54, 1.807) is 0 Å². The van der Waals surface area contributed by atoms with Gasteiger partial charge < -0.3 is 14.5 Å². The maximum atomic E-state index is 8.74. The van der Waals surface area contributed by atoms with E-state index in [0.717, 1.165) is 12.4 Å². The normalized spacial score (nSPS) is 9.27. The Labute approximate surface area is 135 Å². The van der Waals surface area contributed by atoms with Crippen LogP contribution in [0.5, 0.6) is 5.75 Å². The zero-order chi connectivity index (χ0) is 17.1. The highest BCUT2D eigenvalue weighted by atomic mass is 31.1. The smallest absolute Gasteiger partial charge is 0.314 e. The third kappa shape index (κ3) is 21.2. The summed E-state index contributed by atoms with van der Waals surface area (Å²) in [5.74, 6) is 0.994. The van der Waals surface area contributed by atoms with Gasteiger partial charge in [0.15, 0.2) is 0 Å². The van der Waals surface area contributed by atoms with Crippen molar-refractivity contribution < 1.29 is 19.1 Å². The van der Waals surface area contributed by atoms with Crippen LogP contribution in [0.1, 0.15) is 51.9 Å². The Bertz CT molecular complexity index is 340. The number of hydrogen-bond acceptors (Lipinski definition) is 2. The second-order valence-corrected chi connectivity index (χ2v) is 5.13. The molecule has 0 fully saturated rings. The molecule has 0 aromatic heterocycles. The minimum atomic E-state index is -3.13. The summed E-state index contributed by atoms with van der Waals surface area (Å²) in [6.45, 7) is 9.12. The van der Waals surface area contributed by atoms with Crippen molar-refractivity contribution in [3.63, 3.8) is 0 Å². The molecule has 0 spiro atoms. The van der Waals surface area contributed by atoms with Gasteiger partial charge in [-0.1, -0.05) is 63.6 Å². The first kappa shape index (κ1) is 23.2. The van der Waals surface area contributed by atoms with Crippen molar-refractivity contribution in [3.8, 4) is 5.75 Å². The Balaban J connectivity index is 0. The zero-order valence-corrected chi connectivity index (χ0v) is 14.7. The summed E-state index contributed by atoms with van der Waals surface area (Å²) < 4.78 is 14.4. The lowest BCUT2D eigenvalue weighted by Gasteiger charge is -2.05. The second kappa shape index (κ2) is 19.9. The van der Waals surface area contributed by atoms with Crippen LogP contribution < -0.4 is 4.74 Å². The summed E-state index contributed by atoms with van der Waals surface area (Å²) in [6, 6.07) is 10.1. The molecule has 22 heavy (non-hydrogen) atoms. The van der Waals surface area contributed by atoms with Crippen LogP contribution in [0.25, 0.3) is 0 Å². The van der Waals surface area contributed by atoms with Crippen molar-refractivity contribution in [2.45, 2.75) is 51.9 Å². The molecule has 1 aromatic carbocycles. The molecule has 0 saturated carbocycles. The summed E-state index contributed by atoms with van der Waals surface area (Å²) >= 11 is 0. The van der Waals surface area contributed by atoms with Gasteiger partial charge in [-0.2, -0.15) is 0 Å². The van der Waals surface area contributed by atoms with Gasteiger partial charge in [0.1, 0.15) is 5.75 Å². The molecule has 0 heterocycles. The van der Waals surface area contributed by atoms with Gasteiger partial charge in [0.25, 0.3) is 0 Å². The van der Waals surface area contributed by atoms with E-state index in [2.05, 4.69) is 20.1 Å². The monoisotopic (exact) mass is 330 g/mol. The number of unbranched alkanes of at least 4 members (excludes halogenated alkanes) is 6. The van der Waals surface area contributed by atoms with Gasteiger partial charge in [0.2, 0.25) is 0 Å². The van der Waals surface area contributed by atoms with Crippen molar-refractivity contribution >= 4 is 8.25 Å². The Morgan fingerprint density at radius 2 is 1.41 bits per heavy atom. The van der Waals surface area contributed by atoms with E-state index in [-0.39, 0.29) is 0 Å². The Morgan fingerprint density at radius 3 is 1.91 bits per heavy atom. The molecule has 1 aromatic rings. The van der Waals surface area contributed by atoms with E-state index in [9.17, 15) is 0 Å². The van der Waals surface area contributed by atoms with E-state index in [0.29, 0.717) is 0 Å². The molecule has 0 aliphatic heterocycles. The predicted octanol–water partition coefficient (Wildman–Crippen LogP) is 4.98. The van der Waals surface area contributed by atoms with Gasteiger partial charge in [-0.3, -0.25) is 4.57 Å². The van der Waals surface area contributed by atoms with Gasteiger partial charge >= 0.3 is 8.25 Å². The largest absolute Gasteiger partial charge is 0.494 e. The SMILES string of the molecule is C=C.CCCCCCCCCOc1ccccc1.O=[PH](O)O. The van der Waals surface area contributed by atoms with E-state index < -0.39 is 8.25 Å². The number of ether oxygens (including phenoxy) is 1. The fourth-order valence-electron chi connectivity index (χ4n) is 1.77. The molecule has 5 heteroatoms. The van der Waals surface area contributed by atoms with Crippen molar-refractivity contribution in [2.24, 2.45) is 0 Å². The van der Waals surface area contributed by atoms with Crippen molar-refractivity contribution in [3.05, 3.63) is 43.5 Å². The first-order valence-corrected chi connectivity index (χ1v) is 9.06. The first-order valence-electron chi connectivity index (χ1n) is 7.76. The first-order chi connectivity index (χ1) is 10.7. The van der Waals surface area contributed by atoms with Crippen LogP contribution in [-0.2, 0) is 4.57 Å². The van der Waals surface area contributed by atoms with Crippen LogP contribution in [0.4, 0.5) is 0 Å². The average Bonchev–Trinajstić information content (AvgIpc) is 2.52. The molecule has 128 valence electrons. The summed E-state index contributed by atoms with van der Waals surface area (Å²) in [4.78, 5) is 14.3. The van der Waals surface area contributed by atoms with Gasteiger partial charge in [0, 0.05) is 0 Å². The molecule has 1 rings (SSSR count). The third-order valence-electron chi connectivity index (χ3n) is 2.76. The molecular formula is C17H31O4P. The molecule has 0 unspecified atom stereocenters. The van der Waals surface area contributed by atoms with Crippen molar-refractivity contribution in [1.29, 1.82) is 0 Å². The molecular weight excluding hydrogens is 299 g/mol. The van der Waals surface area contributed by atoms with Gasteiger partial charge in [-0.15, -0.1) is 13.2 Å². The molecule has 0 atom stereocenters. The highest BCUT2D eigenvalue weighted by molar-refractivity contribution is 7.30. The third-order valence-corrected chi connectivity index (χ3v) is 2.76. The summed E-state index contributed by atoms with van der Waals surface area (Å²) in [5, 5.41) is 0. The minimum absolute atomic E-state index is 0.859. The standard InChI is InChI=1S/C15H24O.C2H4.H3O3P/c1-2-3-4-5-6-7-11-14-16-15-12-9-8-10-13-15;1-2;1-4(2)3/h8-10,12-13H,2-7,11,14H2,1H3;1-2H2;4H,(H2,1,2,3). The van der Waals surface area contributed by atoms with Crippen LogP contribution >= 0.6 is 8.25 Å². The van der Waals surface area contributed by atoms with E-state index >= 15 is 0 Å². The lowest BCUT2D eigenvalue weighted by Crippen LogP contribution is -1.96. The van der Waals surface area contributed by atoms with Crippen LogP contribution in [0.15, 0.2) is 43.5 Å². The average molecular weight is 330 g/mol. The highest BCUT2D eigenvalue weighted by Crippen LogP contribution is 2.10. The van der Waals surface area contributed by atoms with E-state index in [1.807, 2.05) is 30.3 Å². The molecule has 0 radical (unpaired) electrons. The van der Waals surface area contributed by atoms with E-state index in [4.69, 9.17) is 19.1 Å². The number of para-hydroxylation sites is 1. The summed E-state index contributed by atoms with van der Waals surface area (Å²) in [6.07, 6.45) is 9.35. The van der Waals surface area contributed by atoms with Crippen LogP contribution in [0.3, 0.4) is 0 Å². The van der Waals surface area contributed by atoms with Gasteiger partial charge in [-0.05, 0) is 18.6 Å². The topological polar surface area (TPSA) is 66.8 Å². The quantitative estimate of drug-likeness (QED) is 0.381. The fourth-order valence-corrected chi connectivity index (χ4v) is 1.77. The molecule has 4 nitrogen and oxygen atoms in total. The van der Waals surface area contributed by atoms with Gasteiger partial charge in [-0.25, -0.2) is 0 Å². The molecule has 0 aliphatic rings. The zero-order valence-electron chi connectivity index (χ0n) is 13.7. The minimum Gasteiger partial charge on any atom is -0.494 e.